The van der Waals surface area contributed by atoms with Gasteiger partial charge in [-0.1, -0.05) is 81.0 Å². The van der Waals surface area contributed by atoms with Gasteiger partial charge in [-0.3, -0.25) is 0 Å². The van der Waals surface area contributed by atoms with Gasteiger partial charge in [0, 0.05) is 43.2 Å². The summed E-state index contributed by atoms with van der Waals surface area (Å²) in [4.78, 5) is 0. The van der Waals surface area contributed by atoms with Crippen LogP contribution in [0.25, 0.3) is 61.9 Å². The smallest absolute Gasteiger partial charge is 0.0534 e. The molecule has 1 nitrogen and oxygen atoms in total. The third-order valence-corrected chi connectivity index (χ3v) is 10.5. The average molecular weight is 532 g/mol. The van der Waals surface area contributed by atoms with Gasteiger partial charge < -0.3 is 5.32 Å². The third kappa shape index (κ3) is 4.22. The van der Waals surface area contributed by atoms with Gasteiger partial charge in [-0.25, -0.2) is 0 Å². The molecule has 1 N–H and O–H groups in total. The highest BCUT2D eigenvalue weighted by Crippen LogP contribution is 2.46. The molecule has 38 heavy (non-hydrogen) atoms. The summed E-state index contributed by atoms with van der Waals surface area (Å²) in [5, 5.41) is 14.5. The number of anilines is 1. The highest BCUT2D eigenvalue weighted by Gasteiger charge is 2.14. The van der Waals surface area contributed by atoms with Crippen LogP contribution < -0.4 is 5.32 Å². The Kier molecular flexibility index (Phi) is 6.22. The standard InChI is InChI=1S/C35H33NS2/c1-3-4-5-6-7-8-15-36-27-12-11-24-19-31-29-14-13-28-30-18-23-10-9-22(2)16-25(23)20-32(30)37-34(28)35(29)38-33(31)21-26(24)17-27/h9-14,16-21,36H,3-8,15H2,1-2H3. The van der Waals surface area contributed by atoms with Gasteiger partial charge in [0.15, 0.2) is 0 Å². The van der Waals surface area contributed by atoms with Crippen molar-refractivity contribution in [2.75, 3.05) is 11.9 Å². The number of benzene rings is 5. The molecule has 0 aliphatic carbocycles. The lowest BCUT2D eigenvalue weighted by molar-refractivity contribution is 0.617. The first kappa shape index (κ1) is 23.9. The Morgan fingerprint density at radius 2 is 1.16 bits per heavy atom. The van der Waals surface area contributed by atoms with E-state index in [1.807, 2.05) is 22.7 Å². The fraction of sp³-hybridized carbons (Fsp3) is 0.257. The van der Waals surface area contributed by atoms with E-state index in [9.17, 15) is 0 Å². The van der Waals surface area contributed by atoms with Crippen molar-refractivity contribution in [2.45, 2.75) is 52.4 Å². The Morgan fingerprint density at radius 3 is 1.84 bits per heavy atom. The first-order valence-corrected chi connectivity index (χ1v) is 15.7. The van der Waals surface area contributed by atoms with Gasteiger partial charge in [-0.2, -0.15) is 0 Å². The number of rotatable bonds is 8. The molecule has 7 aromatic rings. The number of hydrogen-bond donors (Lipinski definition) is 1. The van der Waals surface area contributed by atoms with Crippen molar-refractivity contribution in [1.82, 2.24) is 0 Å². The van der Waals surface area contributed by atoms with E-state index >= 15 is 0 Å². The fourth-order valence-electron chi connectivity index (χ4n) is 5.92. The minimum Gasteiger partial charge on any atom is -0.385 e. The molecule has 190 valence electrons. The van der Waals surface area contributed by atoms with Crippen LogP contribution >= 0.6 is 22.7 Å². The molecule has 0 radical (unpaired) electrons. The zero-order valence-electron chi connectivity index (χ0n) is 22.2. The molecule has 5 aromatic carbocycles. The van der Waals surface area contributed by atoms with Crippen LogP contribution in [0.1, 0.15) is 51.0 Å². The van der Waals surface area contributed by atoms with Gasteiger partial charge in [0.2, 0.25) is 0 Å². The first-order valence-electron chi connectivity index (χ1n) is 14.1. The molecule has 7 rings (SSSR count). The van der Waals surface area contributed by atoms with Crippen LogP contribution in [0.3, 0.4) is 0 Å². The molecule has 2 heterocycles. The maximum absolute atomic E-state index is 3.66. The van der Waals surface area contributed by atoms with Crippen molar-refractivity contribution >= 4 is 90.3 Å². The summed E-state index contributed by atoms with van der Waals surface area (Å²) in [7, 11) is 0. The predicted molar refractivity (Wildman–Crippen MR) is 174 cm³/mol. The Labute approximate surface area is 232 Å². The Balaban J connectivity index is 1.25. The van der Waals surface area contributed by atoms with Crippen LogP contribution in [-0.2, 0) is 0 Å². The third-order valence-electron chi connectivity index (χ3n) is 8.01. The van der Waals surface area contributed by atoms with Gasteiger partial charge in [-0.05, 0) is 71.3 Å². The maximum Gasteiger partial charge on any atom is 0.0534 e. The monoisotopic (exact) mass is 531 g/mol. The Morgan fingerprint density at radius 1 is 0.553 bits per heavy atom. The number of thiophene rings is 2. The lowest BCUT2D eigenvalue weighted by atomic mass is 10.0. The minimum absolute atomic E-state index is 1.06. The van der Waals surface area contributed by atoms with E-state index < -0.39 is 0 Å². The second kappa shape index (κ2) is 9.87. The van der Waals surface area contributed by atoms with E-state index in [1.54, 1.807) is 0 Å². The van der Waals surface area contributed by atoms with E-state index in [2.05, 4.69) is 92.0 Å². The molecule has 0 unspecified atom stereocenters. The molecule has 2 aromatic heterocycles. The molecule has 0 bridgehead atoms. The molecule has 0 spiro atoms. The van der Waals surface area contributed by atoms with Crippen LogP contribution in [-0.4, -0.2) is 6.54 Å². The molecule has 3 heteroatoms. The summed E-state index contributed by atoms with van der Waals surface area (Å²) in [6.07, 6.45) is 7.99. The van der Waals surface area contributed by atoms with Crippen molar-refractivity contribution in [3.05, 3.63) is 78.4 Å². The second-order valence-corrected chi connectivity index (χ2v) is 12.9. The van der Waals surface area contributed by atoms with E-state index in [1.165, 1.54) is 112 Å². The highest BCUT2D eigenvalue weighted by molar-refractivity contribution is 7.33. The number of fused-ring (bicyclic) bond motifs is 9. The van der Waals surface area contributed by atoms with Crippen molar-refractivity contribution in [3.8, 4) is 0 Å². The summed E-state index contributed by atoms with van der Waals surface area (Å²) < 4.78 is 5.62. The van der Waals surface area contributed by atoms with Gasteiger partial charge >= 0.3 is 0 Å². The molecule has 0 atom stereocenters. The van der Waals surface area contributed by atoms with E-state index in [-0.39, 0.29) is 0 Å². The number of unbranched alkanes of at least 4 members (excludes halogenated alkanes) is 5. The first-order chi connectivity index (χ1) is 18.7. The molecule has 0 amide bonds. The number of hydrogen-bond acceptors (Lipinski definition) is 3. The van der Waals surface area contributed by atoms with Crippen LogP contribution in [0.15, 0.2) is 72.8 Å². The fourth-order valence-corrected chi connectivity index (χ4v) is 8.52. The zero-order valence-corrected chi connectivity index (χ0v) is 23.8. The van der Waals surface area contributed by atoms with Crippen LogP contribution in [0.2, 0.25) is 0 Å². The summed E-state index contributed by atoms with van der Waals surface area (Å²) in [6.45, 7) is 5.51. The topological polar surface area (TPSA) is 12.0 Å². The lowest BCUT2D eigenvalue weighted by Crippen LogP contribution is -2.01. The van der Waals surface area contributed by atoms with Crippen LogP contribution in [0, 0.1) is 6.92 Å². The largest absolute Gasteiger partial charge is 0.385 e. The predicted octanol–water partition coefficient (Wildman–Crippen LogP) is 11.8. The summed E-state index contributed by atoms with van der Waals surface area (Å²) in [6, 6.07) is 27.9. The van der Waals surface area contributed by atoms with Crippen molar-refractivity contribution in [3.63, 3.8) is 0 Å². The van der Waals surface area contributed by atoms with E-state index in [0.717, 1.165) is 6.54 Å². The lowest BCUT2D eigenvalue weighted by Gasteiger charge is -2.08. The minimum atomic E-state index is 1.06. The van der Waals surface area contributed by atoms with Crippen molar-refractivity contribution < 1.29 is 0 Å². The molecular formula is C35H33NS2. The van der Waals surface area contributed by atoms with Gasteiger partial charge in [0.05, 0.1) is 9.40 Å². The van der Waals surface area contributed by atoms with Gasteiger partial charge in [0.25, 0.3) is 0 Å². The molecule has 0 saturated carbocycles. The Hall–Kier alpha value is -3.14. The maximum atomic E-state index is 3.66. The van der Waals surface area contributed by atoms with E-state index in [0.29, 0.717) is 0 Å². The van der Waals surface area contributed by atoms with Gasteiger partial charge in [-0.15, -0.1) is 22.7 Å². The molecule has 0 aliphatic rings. The molecule has 0 fully saturated rings. The normalized spacial score (nSPS) is 12.2. The number of aryl methyl sites for hydroxylation is 1. The van der Waals surface area contributed by atoms with Gasteiger partial charge in [0.1, 0.15) is 0 Å². The van der Waals surface area contributed by atoms with E-state index in [4.69, 9.17) is 0 Å². The highest BCUT2D eigenvalue weighted by atomic mass is 32.1. The molecule has 0 aliphatic heterocycles. The number of nitrogens with one attached hydrogen (secondary N) is 1. The van der Waals surface area contributed by atoms with Crippen LogP contribution in [0.5, 0.6) is 0 Å². The summed E-state index contributed by atoms with van der Waals surface area (Å²) >= 11 is 3.91. The molecular weight excluding hydrogens is 499 g/mol. The molecule has 0 saturated heterocycles. The summed E-state index contributed by atoms with van der Waals surface area (Å²) in [5.41, 5.74) is 2.55. The second-order valence-electron chi connectivity index (χ2n) is 10.8. The SMILES string of the molecule is CCCCCCCCNc1ccc2cc3c(cc2c1)sc1c3ccc2c3cc4ccc(C)cc4cc3sc21. The average Bonchev–Trinajstić information content (AvgIpc) is 3.47. The van der Waals surface area contributed by atoms with Crippen molar-refractivity contribution in [1.29, 1.82) is 0 Å². The Bertz CT molecular complexity index is 1960. The summed E-state index contributed by atoms with van der Waals surface area (Å²) in [5.74, 6) is 0. The zero-order chi connectivity index (χ0) is 25.6. The van der Waals surface area contributed by atoms with Crippen molar-refractivity contribution in [2.24, 2.45) is 0 Å². The van der Waals surface area contributed by atoms with Crippen LogP contribution in [0.4, 0.5) is 5.69 Å². The quantitative estimate of drug-likeness (QED) is 0.192.